The molecule has 0 saturated carbocycles. The summed E-state index contributed by atoms with van der Waals surface area (Å²) in [6, 6.07) is 0. The van der Waals surface area contributed by atoms with Crippen LogP contribution in [-0.2, 0) is 14.2 Å². The maximum Gasteiger partial charge on any atom is 0.508 e. The van der Waals surface area contributed by atoms with E-state index < -0.39 is 11.6 Å². The first-order valence-electron chi connectivity index (χ1n) is 4.40. The summed E-state index contributed by atoms with van der Waals surface area (Å²) in [4.78, 5) is 20.0. The Morgan fingerprint density at radius 1 is 1.00 bits per heavy atom. The van der Waals surface area contributed by atoms with Gasteiger partial charge < -0.3 is 14.2 Å². The molecule has 0 aliphatic rings. The second-order valence-corrected chi connectivity index (χ2v) is 3.33. The highest BCUT2D eigenvalue weighted by atomic mass is 35.5. The van der Waals surface area contributed by atoms with Gasteiger partial charge >= 0.3 is 11.6 Å². The molecule has 0 rings (SSSR count). The number of ether oxygens (including phenoxy) is 3. The minimum absolute atomic E-state index is 0.105. The average molecular weight is 241 g/mol. The van der Waals surface area contributed by atoms with E-state index in [2.05, 4.69) is 16.3 Å². The summed E-state index contributed by atoms with van der Waals surface area (Å²) in [7, 11) is 1.22. The van der Waals surface area contributed by atoms with Gasteiger partial charge in [-0.05, 0) is 27.7 Å². The molecule has 0 bridgehead atoms. The normalized spacial score (nSPS) is 9.07. The highest BCUT2D eigenvalue weighted by Gasteiger charge is 2.07. The van der Waals surface area contributed by atoms with Crippen molar-refractivity contribution in [1.82, 2.24) is 0 Å². The van der Waals surface area contributed by atoms with Crippen LogP contribution in [0.25, 0.3) is 0 Å². The summed E-state index contributed by atoms with van der Waals surface area (Å²) in [5.74, 6) is 0. The Morgan fingerprint density at radius 2 is 1.27 bits per heavy atom. The van der Waals surface area contributed by atoms with E-state index in [9.17, 15) is 9.59 Å². The Hall–Kier alpha value is -0.970. The van der Waals surface area contributed by atoms with Crippen molar-refractivity contribution in [2.24, 2.45) is 0 Å². The van der Waals surface area contributed by atoms with Gasteiger partial charge in [0.15, 0.2) is 0 Å². The van der Waals surface area contributed by atoms with Crippen LogP contribution < -0.4 is 0 Å². The van der Waals surface area contributed by atoms with Crippen molar-refractivity contribution in [1.29, 1.82) is 0 Å². The van der Waals surface area contributed by atoms with Gasteiger partial charge in [0.25, 0.3) is 0 Å². The molecule has 0 aromatic carbocycles. The number of hydrogen-bond donors (Lipinski definition) is 0. The van der Waals surface area contributed by atoms with E-state index in [1.54, 1.807) is 27.7 Å². The van der Waals surface area contributed by atoms with E-state index in [4.69, 9.17) is 9.47 Å². The lowest BCUT2D eigenvalue weighted by Crippen LogP contribution is -2.16. The molecular weight excluding hydrogens is 224 g/mol. The summed E-state index contributed by atoms with van der Waals surface area (Å²) in [6.45, 7) is 7.12. The molecule has 0 aliphatic carbocycles. The van der Waals surface area contributed by atoms with Gasteiger partial charge in [-0.2, -0.15) is 0 Å². The van der Waals surface area contributed by atoms with Crippen molar-refractivity contribution in [2.75, 3.05) is 7.11 Å². The molecule has 0 N–H and O–H groups in total. The summed E-state index contributed by atoms with van der Waals surface area (Å²) >= 11 is 4.60. The van der Waals surface area contributed by atoms with Gasteiger partial charge in [0.2, 0.25) is 0 Å². The molecule has 0 amide bonds. The summed E-state index contributed by atoms with van der Waals surface area (Å²) in [5, 5.41) is 0. The number of halogens is 1. The second kappa shape index (κ2) is 9.58. The van der Waals surface area contributed by atoms with E-state index in [-0.39, 0.29) is 12.2 Å². The number of methoxy groups -OCH3 is 1. The van der Waals surface area contributed by atoms with Crippen LogP contribution in [0.4, 0.5) is 9.59 Å². The van der Waals surface area contributed by atoms with Gasteiger partial charge in [-0.3, -0.25) is 0 Å². The van der Waals surface area contributed by atoms with Crippen LogP contribution in [0.2, 0.25) is 0 Å². The number of carbonyl (C=O) groups is 2. The third-order valence-corrected chi connectivity index (χ3v) is 0.979. The van der Waals surface area contributed by atoms with E-state index in [1.807, 2.05) is 0 Å². The van der Waals surface area contributed by atoms with Crippen LogP contribution in [0.1, 0.15) is 27.7 Å². The molecule has 0 radical (unpaired) electrons. The number of carbonyl (C=O) groups excluding carboxylic acids is 2. The van der Waals surface area contributed by atoms with E-state index in [1.165, 1.54) is 7.11 Å². The Kier molecular flexibility index (Phi) is 10.5. The smallest absolute Gasteiger partial charge is 0.457 e. The van der Waals surface area contributed by atoms with E-state index >= 15 is 0 Å². The lowest BCUT2D eigenvalue weighted by atomic mass is 10.5. The first-order valence-corrected chi connectivity index (χ1v) is 4.78. The fourth-order valence-corrected chi connectivity index (χ4v) is 0.413. The molecule has 0 spiro atoms. The molecule has 0 aromatic heterocycles. The zero-order valence-corrected chi connectivity index (χ0v) is 10.3. The van der Waals surface area contributed by atoms with Gasteiger partial charge in [-0.15, -0.1) is 0 Å². The molecule has 0 heterocycles. The van der Waals surface area contributed by atoms with Gasteiger partial charge in [-0.1, -0.05) is 0 Å². The zero-order valence-electron chi connectivity index (χ0n) is 9.57. The molecular formula is C9H17ClO5. The third kappa shape index (κ3) is 19.4. The Labute approximate surface area is 94.6 Å². The summed E-state index contributed by atoms with van der Waals surface area (Å²) in [5.41, 5.74) is -0.773. The van der Waals surface area contributed by atoms with Crippen molar-refractivity contribution in [2.45, 2.75) is 39.9 Å². The minimum atomic E-state index is -0.773. The fourth-order valence-electron chi connectivity index (χ4n) is 0.413. The Morgan fingerprint density at radius 3 is 1.40 bits per heavy atom. The maximum atomic E-state index is 10.6. The Balaban J connectivity index is 0. The quantitative estimate of drug-likeness (QED) is 0.549. The van der Waals surface area contributed by atoms with Crippen molar-refractivity contribution < 1.29 is 23.8 Å². The Bertz CT molecular complexity index is 179. The van der Waals surface area contributed by atoms with Crippen molar-refractivity contribution in [3.63, 3.8) is 0 Å². The number of rotatable bonds is 2. The van der Waals surface area contributed by atoms with Crippen LogP contribution in [0.3, 0.4) is 0 Å². The molecule has 0 fully saturated rings. The molecule has 0 atom stereocenters. The van der Waals surface area contributed by atoms with E-state index in [0.29, 0.717) is 0 Å². The topological polar surface area (TPSA) is 61.8 Å². The highest BCUT2D eigenvalue weighted by Crippen LogP contribution is 1.95. The molecule has 90 valence electrons. The van der Waals surface area contributed by atoms with Crippen LogP contribution in [0.5, 0.6) is 0 Å². The van der Waals surface area contributed by atoms with Crippen LogP contribution in [-0.4, -0.2) is 30.9 Å². The largest absolute Gasteiger partial charge is 0.508 e. The zero-order chi connectivity index (χ0) is 12.4. The molecule has 6 heteroatoms. The molecule has 15 heavy (non-hydrogen) atoms. The lowest BCUT2D eigenvalue weighted by molar-refractivity contribution is 0.0167. The van der Waals surface area contributed by atoms with Gasteiger partial charge in [-0.25, -0.2) is 9.59 Å². The SMILES string of the molecule is CC(C)OC(=O)OC(C)C.COC(=O)Cl. The van der Waals surface area contributed by atoms with Gasteiger partial charge in [0, 0.05) is 11.6 Å². The molecule has 0 aliphatic heterocycles. The van der Waals surface area contributed by atoms with Gasteiger partial charge in [0.1, 0.15) is 0 Å². The predicted octanol–water partition coefficient (Wildman–Crippen LogP) is 2.95. The monoisotopic (exact) mass is 240 g/mol. The standard InChI is InChI=1S/C7H14O3.C2H3ClO2/c1-5(2)9-7(8)10-6(3)4;1-5-2(3)4/h5-6H,1-4H3;1H3. The summed E-state index contributed by atoms with van der Waals surface area (Å²) < 4.78 is 13.3. The fraction of sp³-hybridized carbons (Fsp3) is 0.778. The first kappa shape index (κ1) is 16.5. The average Bonchev–Trinajstić information content (AvgIpc) is 2.01. The van der Waals surface area contributed by atoms with Crippen molar-refractivity contribution in [3.8, 4) is 0 Å². The van der Waals surface area contributed by atoms with Crippen LogP contribution in [0.15, 0.2) is 0 Å². The molecule has 0 aromatic rings. The predicted molar refractivity (Wildman–Crippen MR) is 56.1 cm³/mol. The molecule has 0 saturated heterocycles. The minimum Gasteiger partial charge on any atom is -0.457 e. The van der Waals surface area contributed by atoms with Crippen LogP contribution in [0, 0.1) is 0 Å². The molecule has 0 unspecified atom stereocenters. The number of hydrogen-bond acceptors (Lipinski definition) is 5. The first-order chi connectivity index (χ1) is 6.79. The summed E-state index contributed by atoms with van der Waals surface area (Å²) in [6.07, 6.45) is -0.803. The van der Waals surface area contributed by atoms with Gasteiger partial charge in [0.05, 0.1) is 19.3 Å². The lowest BCUT2D eigenvalue weighted by Gasteiger charge is -2.10. The van der Waals surface area contributed by atoms with E-state index in [0.717, 1.165) is 0 Å². The van der Waals surface area contributed by atoms with Crippen molar-refractivity contribution >= 4 is 23.2 Å². The second-order valence-electron chi connectivity index (χ2n) is 3.02. The molecule has 5 nitrogen and oxygen atoms in total. The highest BCUT2D eigenvalue weighted by molar-refractivity contribution is 6.61. The third-order valence-electron chi connectivity index (χ3n) is 0.824. The van der Waals surface area contributed by atoms with Crippen molar-refractivity contribution in [3.05, 3.63) is 0 Å². The van der Waals surface area contributed by atoms with Crippen LogP contribution >= 0.6 is 11.6 Å². The maximum absolute atomic E-state index is 10.6.